The lowest BCUT2D eigenvalue weighted by atomic mass is 10.0. The van der Waals surface area contributed by atoms with Crippen LogP contribution in [0.15, 0.2) is 42.9 Å². The van der Waals surface area contributed by atoms with Crippen molar-refractivity contribution in [3.05, 3.63) is 54.1 Å². The number of aromatic nitrogens is 2. The Kier molecular flexibility index (Phi) is 5.50. The fourth-order valence-corrected chi connectivity index (χ4v) is 2.04. The summed E-state index contributed by atoms with van der Waals surface area (Å²) >= 11 is 0. The van der Waals surface area contributed by atoms with Crippen molar-refractivity contribution in [3.63, 3.8) is 0 Å². The molecule has 1 atom stereocenters. The highest BCUT2D eigenvalue weighted by Gasteiger charge is 2.12. The van der Waals surface area contributed by atoms with E-state index in [0.717, 1.165) is 36.5 Å². The Balaban J connectivity index is 2.10. The number of rotatable bonds is 7. The second kappa shape index (κ2) is 7.60. The van der Waals surface area contributed by atoms with Crippen LogP contribution in [0.5, 0.6) is 5.75 Å². The summed E-state index contributed by atoms with van der Waals surface area (Å²) in [6, 6.07) is 8.21. The van der Waals surface area contributed by atoms with E-state index in [1.165, 1.54) is 0 Å². The van der Waals surface area contributed by atoms with Gasteiger partial charge in [-0.1, -0.05) is 13.0 Å². The number of hydrogen-bond acceptors (Lipinski definition) is 4. The van der Waals surface area contributed by atoms with Crippen LogP contribution in [0.1, 0.15) is 30.6 Å². The lowest BCUT2D eigenvalue weighted by Crippen LogP contribution is -2.19. The van der Waals surface area contributed by atoms with Crippen molar-refractivity contribution in [3.8, 4) is 5.75 Å². The highest BCUT2D eigenvalue weighted by Crippen LogP contribution is 2.20. The third kappa shape index (κ3) is 4.03. The molecule has 0 radical (unpaired) electrons. The van der Waals surface area contributed by atoms with E-state index in [-0.39, 0.29) is 6.04 Å². The van der Waals surface area contributed by atoms with E-state index in [0.29, 0.717) is 0 Å². The number of hydrogen-bond donors (Lipinski definition) is 1. The molecular formula is C16H21N3O. The van der Waals surface area contributed by atoms with E-state index in [4.69, 9.17) is 4.74 Å². The minimum absolute atomic E-state index is 0.183. The molecule has 0 bridgehead atoms. The summed E-state index contributed by atoms with van der Waals surface area (Å²) in [5, 5.41) is 3.31. The number of pyridine rings is 2. The SMILES string of the molecule is CCCOc1cncc(C(Cc2ccccn2)NC)c1. The summed E-state index contributed by atoms with van der Waals surface area (Å²) in [6.07, 6.45) is 7.28. The van der Waals surface area contributed by atoms with Crippen LogP contribution in [0, 0.1) is 0 Å². The summed E-state index contributed by atoms with van der Waals surface area (Å²) < 4.78 is 5.63. The molecule has 0 aliphatic rings. The van der Waals surface area contributed by atoms with Crippen LogP contribution in [0.25, 0.3) is 0 Å². The summed E-state index contributed by atoms with van der Waals surface area (Å²) in [6.45, 7) is 2.81. The van der Waals surface area contributed by atoms with Gasteiger partial charge in [-0.25, -0.2) is 0 Å². The zero-order valence-corrected chi connectivity index (χ0v) is 12.0. The van der Waals surface area contributed by atoms with Crippen LogP contribution in [-0.2, 0) is 6.42 Å². The minimum atomic E-state index is 0.183. The first-order valence-corrected chi connectivity index (χ1v) is 6.98. The molecule has 1 unspecified atom stereocenters. The topological polar surface area (TPSA) is 47.0 Å². The first-order valence-electron chi connectivity index (χ1n) is 6.98. The highest BCUT2D eigenvalue weighted by atomic mass is 16.5. The Morgan fingerprint density at radius 3 is 2.90 bits per heavy atom. The Bertz CT molecular complexity index is 516. The molecule has 106 valence electrons. The first-order chi connectivity index (χ1) is 9.83. The van der Waals surface area contributed by atoms with Crippen LogP contribution in [0.4, 0.5) is 0 Å². The molecule has 0 aliphatic carbocycles. The number of nitrogens with zero attached hydrogens (tertiary/aromatic N) is 2. The van der Waals surface area contributed by atoms with Crippen molar-refractivity contribution in [2.24, 2.45) is 0 Å². The third-order valence-electron chi connectivity index (χ3n) is 3.10. The summed E-state index contributed by atoms with van der Waals surface area (Å²) in [5.41, 5.74) is 2.18. The largest absolute Gasteiger partial charge is 0.492 e. The molecule has 0 spiro atoms. The predicted octanol–water partition coefficient (Wildman–Crippen LogP) is 2.77. The normalized spacial score (nSPS) is 12.1. The van der Waals surface area contributed by atoms with E-state index in [1.54, 1.807) is 6.20 Å². The first kappa shape index (κ1) is 14.5. The van der Waals surface area contributed by atoms with Crippen LogP contribution >= 0.6 is 0 Å². The zero-order valence-electron chi connectivity index (χ0n) is 12.0. The van der Waals surface area contributed by atoms with Crippen LogP contribution in [0.3, 0.4) is 0 Å². The maximum absolute atomic E-state index is 5.63. The summed E-state index contributed by atoms with van der Waals surface area (Å²) in [5.74, 6) is 0.825. The molecule has 0 saturated carbocycles. The molecule has 2 aromatic rings. The van der Waals surface area contributed by atoms with E-state index in [9.17, 15) is 0 Å². The smallest absolute Gasteiger partial charge is 0.137 e. The highest BCUT2D eigenvalue weighted by molar-refractivity contribution is 5.27. The molecule has 2 rings (SSSR count). The number of ether oxygens (including phenoxy) is 1. The molecule has 1 N–H and O–H groups in total. The lowest BCUT2D eigenvalue weighted by Gasteiger charge is -2.16. The van der Waals surface area contributed by atoms with Gasteiger partial charge in [-0.05, 0) is 37.2 Å². The van der Waals surface area contributed by atoms with Crippen molar-refractivity contribution in [2.75, 3.05) is 13.7 Å². The molecule has 0 amide bonds. The molecular weight excluding hydrogens is 250 g/mol. The summed E-state index contributed by atoms with van der Waals surface area (Å²) in [4.78, 5) is 8.63. The van der Waals surface area contributed by atoms with Gasteiger partial charge in [0, 0.05) is 30.6 Å². The van der Waals surface area contributed by atoms with Crippen molar-refractivity contribution < 1.29 is 4.74 Å². The maximum Gasteiger partial charge on any atom is 0.137 e. The van der Waals surface area contributed by atoms with Gasteiger partial charge >= 0.3 is 0 Å². The third-order valence-corrected chi connectivity index (χ3v) is 3.10. The lowest BCUT2D eigenvalue weighted by molar-refractivity contribution is 0.315. The average Bonchev–Trinajstić information content (AvgIpc) is 2.52. The Morgan fingerprint density at radius 2 is 2.20 bits per heavy atom. The van der Waals surface area contributed by atoms with Gasteiger partial charge in [0.1, 0.15) is 5.75 Å². The zero-order chi connectivity index (χ0) is 14.2. The molecule has 2 heterocycles. The summed E-state index contributed by atoms with van der Waals surface area (Å²) in [7, 11) is 1.95. The van der Waals surface area contributed by atoms with Crippen molar-refractivity contribution in [1.29, 1.82) is 0 Å². The van der Waals surface area contributed by atoms with Gasteiger partial charge in [-0.3, -0.25) is 9.97 Å². The minimum Gasteiger partial charge on any atom is -0.492 e. The van der Waals surface area contributed by atoms with Crippen molar-refractivity contribution in [1.82, 2.24) is 15.3 Å². The predicted molar refractivity (Wildman–Crippen MR) is 79.8 cm³/mol. The second-order valence-corrected chi connectivity index (χ2v) is 4.67. The van der Waals surface area contributed by atoms with E-state index in [1.807, 2.05) is 43.7 Å². The monoisotopic (exact) mass is 271 g/mol. The molecule has 0 aromatic carbocycles. The van der Waals surface area contributed by atoms with Gasteiger partial charge in [-0.2, -0.15) is 0 Å². The Morgan fingerprint density at radius 1 is 1.30 bits per heavy atom. The fourth-order valence-electron chi connectivity index (χ4n) is 2.04. The maximum atomic E-state index is 5.63. The molecule has 0 saturated heterocycles. The van der Waals surface area contributed by atoms with Gasteiger partial charge in [0.05, 0.1) is 12.8 Å². The van der Waals surface area contributed by atoms with E-state index in [2.05, 4.69) is 22.2 Å². The standard InChI is InChI=1S/C16H21N3O/c1-3-8-20-15-9-13(11-18-12-15)16(17-2)10-14-6-4-5-7-19-14/h4-7,9,11-12,16-17H,3,8,10H2,1-2H3. The van der Waals surface area contributed by atoms with Gasteiger partial charge in [0.25, 0.3) is 0 Å². The molecule has 0 fully saturated rings. The number of nitrogens with one attached hydrogen (secondary N) is 1. The van der Waals surface area contributed by atoms with E-state index < -0.39 is 0 Å². The van der Waals surface area contributed by atoms with Crippen LogP contribution in [0.2, 0.25) is 0 Å². The fraction of sp³-hybridized carbons (Fsp3) is 0.375. The van der Waals surface area contributed by atoms with Crippen LogP contribution in [-0.4, -0.2) is 23.6 Å². The van der Waals surface area contributed by atoms with Gasteiger partial charge < -0.3 is 10.1 Å². The van der Waals surface area contributed by atoms with E-state index >= 15 is 0 Å². The van der Waals surface area contributed by atoms with Gasteiger partial charge in [0.2, 0.25) is 0 Å². The molecule has 2 aromatic heterocycles. The van der Waals surface area contributed by atoms with Crippen molar-refractivity contribution in [2.45, 2.75) is 25.8 Å². The second-order valence-electron chi connectivity index (χ2n) is 4.67. The molecule has 4 nitrogen and oxygen atoms in total. The quantitative estimate of drug-likeness (QED) is 0.841. The average molecular weight is 271 g/mol. The van der Waals surface area contributed by atoms with Gasteiger partial charge in [-0.15, -0.1) is 0 Å². The van der Waals surface area contributed by atoms with Crippen molar-refractivity contribution >= 4 is 0 Å². The van der Waals surface area contributed by atoms with Crippen LogP contribution < -0.4 is 10.1 Å². The molecule has 0 aliphatic heterocycles. The Labute approximate surface area is 120 Å². The Hall–Kier alpha value is -1.94. The number of likely N-dealkylation sites (N-methyl/N-ethyl adjacent to an activating group) is 1. The van der Waals surface area contributed by atoms with Gasteiger partial charge in [0.15, 0.2) is 0 Å². The molecule has 4 heteroatoms. The molecule has 20 heavy (non-hydrogen) atoms.